The van der Waals surface area contributed by atoms with Crippen molar-refractivity contribution in [2.24, 2.45) is 0 Å². The van der Waals surface area contributed by atoms with Crippen molar-refractivity contribution < 1.29 is 0 Å². The van der Waals surface area contributed by atoms with Crippen LogP contribution in [0.1, 0.15) is 0 Å². The summed E-state index contributed by atoms with van der Waals surface area (Å²) in [7, 11) is 0. The predicted molar refractivity (Wildman–Crippen MR) is 129 cm³/mol. The number of rotatable bonds is 5. The summed E-state index contributed by atoms with van der Waals surface area (Å²) in [6.07, 6.45) is 0. The summed E-state index contributed by atoms with van der Waals surface area (Å²) >= 11 is 2.73. The fraction of sp³-hybridized carbons (Fsp3) is 0. The van der Waals surface area contributed by atoms with Gasteiger partial charge in [0.25, 0.3) is 0 Å². The Morgan fingerprint density at radius 1 is 0.444 bits per heavy atom. The molecule has 4 aromatic rings. The van der Waals surface area contributed by atoms with Crippen molar-refractivity contribution in [3.05, 3.63) is 121 Å². The molecule has 0 heterocycles. The number of hydrogen-bond donors (Lipinski definition) is 1. The molecule has 0 bridgehead atoms. The molecule has 4 aromatic carbocycles. The number of hydrogen-bond acceptors (Lipinski definition) is 1. The number of anilines is 1. The van der Waals surface area contributed by atoms with Gasteiger partial charge in [0, 0.05) is 0 Å². The molecule has 0 spiro atoms. The van der Waals surface area contributed by atoms with Gasteiger partial charge < -0.3 is 0 Å². The Labute approximate surface area is 173 Å². The zero-order chi connectivity index (χ0) is 18.6. The molecule has 0 aliphatic rings. The van der Waals surface area contributed by atoms with Crippen molar-refractivity contribution in [2.45, 2.75) is 0 Å². The van der Waals surface area contributed by atoms with E-state index >= 15 is 0 Å². The minimum atomic E-state index is -2.96. The van der Waals surface area contributed by atoms with Gasteiger partial charge in [0.1, 0.15) is 0 Å². The fourth-order valence-corrected chi connectivity index (χ4v) is 11.4. The van der Waals surface area contributed by atoms with E-state index < -0.39 is 4.40 Å². The van der Waals surface area contributed by atoms with Crippen molar-refractivity contribution in [3.8, 4) is 0 Å². The molecule has 1 nitrogen and oxygen atoms in total. The molecule has 0 radical (unpaired) electrons. The Bertz CT molecular complexity index is 906. The maximum absolute atomic E-state index is 4.04. The third kappa shape index (κ3) is 3.18. The van der Waals surface area contributed by atoms with Crippen molar-refractivity contribution in [2.75, 3.05) is 5.09 Å². The van der Waals surface area contributed by atoms with E-state index in [1.54, 1.807) is 0 Å². The first-order valence-corrected chi connectivity index (χ1v) is 14.0. The summed E-state index contributed by atoms with van der Waals surface area (Å²) in [5.74, 6) is 0. The van der Waals surface area contributed by atoms with E-state index in [9.17, 15) is 0 Å². The Morgan fingerprint density at radius 3 is 1.07 bits per heavy atom. The van der Waals surface area contributed by atoms with Crippen LogP contribution in [0.25, 0.3) is 0 Å². The summed E-state index contributed by atoms with van der Waals surface area (Å²) in [5, 5.41) is 7.97. The van der Waals surface area contributed by atoms with Gasteiger partial charge in [-0.05, 0) is 0 Å². The Morgan fingerprint density at radius 2 is 0.741 bits per heavy atom. The van der Waals surface area contributed by atoms with Crippen LogP contribution >= 0.6 is 26.4 Å². The summed E-state index contributed by atoms with van der Waals surface area (Å²) in [5.41, 5.74) is 1.13. The summed E-state index contributed by atoms with van der Waals surface area (Å²) in [6.45, 7) is 0. The summed E-state index contributed by atoms with van der Waals surface area (Å²) in [6, 6.07) is 43.1. The first-order chi connectivity index (χ1) is 13.2. The molecule has 1 N–H and O–H groups in total. The third-order valence-electron chi connectivity index (χ3n) is 4.84. The van der Waals surface area contributed by atoms with E-state index in [0.29, 0.717) is 0 Å². The first kappa shape index (κ1) is 18.2. The van der Waals surface area contributed by atoms with Crippen molar-refractivity contribution in [1.82, 2.24) is 0 Å². The van der Waals surface area contributed by atoms with E-state index in [2.05, 4.69) is 148 Å². The van der Waals surface area contributed by atoms with E-state index in [0.717, 1.165) is 5.69 Å². The van der Waals surface area contributed by atoms with Crippen LogP contribution in [0.15, 0.2) is 121 Å². The molecule has 0 aromatic heterocycles. The molecule has 0 saturated carbocycles. The third-order valence-corrected chi connectivity index (χ3v) is 15.1. The molecule has 0 aliphatic carbocycles. The normalized spacial score (nSPS) is 12.7. The van der Waals surface area contributed by atoms with Gasteiger partial charge >= 0.3 is 174 Å². The van der Waals surface area contributed by atoms with Gasteiger partial charge in [-0.2, -0.15) is 0 Å². The predicted octanol–water partition coefficient (Wildman–Crippen LogP) is 5.89. The standard InChI is InChI=1S/C24H21INP/c25-27(22-15-7-2-8-16-22,23-17-9-3-10-18-23,24-19-11-4-12-20-24)26-21-13-5-1-6-14-21/h1-20,26H. The van der Waals surface area contributed by atoms with Gasteiger partial charge in [0.05, 0.1) is 0 Å². The average molecular weight is 481 g/mol. The SMILES string of the molecule is IP(Nc1ccccc1)(c1ccccc1)(c1ccccc1)c1ccccc1. The molecule has 134 valence electrons. The molecule has 0 unspecified atom stereocenters. The van der Waals surface area contributed by atoms with E-state index in [4.69, 9.17) is 0 Å². The number of halogens is 1. The monoisotopic (exact) mass is 481 g/mol. The average Bonchev–Trinajstić information content (AvgIpc) is 2.76. The summed E-state index contributed by atoms with van der Waals surface area (Å²) in [4.78, 5) is 0. The van der Waals surface area contributed by atoms with E-state index in [-0.39, 0.29) is 0 Å². The molecular weight excluding hydrogens is 460 g/mol. The molecule has 27 heavy (non-hydrogen) atoms. The van der Waals surface area contributed by atoms with Crippen LogP contribution in [0.2, 0.25) is 0 Å². The van der Waals surface area contributed by atoms with Crippen LogP contribution in [-0.4, -0.2) is 0 Å². The second kappa shape index (κ2) is 7.46. The molecule has 0 atom stereocenters. The van der Waals surface area contributed by atoms with Gasteiger partial charge in [0.15, 0.2) is 0 Å². The van der Waals surface area contributed by atoms with Gasteiger partial charge in [-0.3, -0.25) is 0 Å². The molecule has 0 fully saturated rings. The van der Waals surface area contributed by atoms with Gasteiger partial charge in [-0.1, -0.05) is 0 Å². The quantitative estimate of drug-likeness (QED) is 0.277. The molecule has 4 rings (SSSR count). The van der Waals surface area contributed by atoms with Gasteiger partial charge in [-0.25, -0.2) is 0 Å². The first-order valence-electron chi connectivity index (χ1n) is 8.96. The molecule has 0 saturated heterocycles. The Kier molecular flexibility index (Phi) is 5.03. The molecule has 3 heteroatoms. The zero-order valence-corrected chi connectivity index (χ0v) is 17.9. The van der Waals surface area contributed by atoms with Crippen LogP contribution < -0.4 is 21.0 Å². The van der Waals surface area contributed by atoms with Crippen LogP contribution in [-0.2, 0) is 0 Å². The van der Waals surface area contributed by atoms with Crippen LogP contribution in [0.3, 0.4) is 0 Å². The minimum absolute atomic E-state index is 1.13. The van der Waals surface area contributed by atoms with Crippen LogP contribution in [0.5, 0.6) is 0 Å². The zero-order valence-electron chi connectivity index (χ0n) is 14.9. The molecular formula is C24H21INP. The fourth-order valence-electron chi connectivity index (χ4n) is 3.52. The summed E-state index contributed by atoms with van der Waals surface area (Å²) < 4.78 is -2.96. The Hall–Kier alpha value is -2.16. The number of benzene rings is 4. The number of nitrogens with one attached hydrogen (secondary N) is 1. The van der Waals surface area contributed by atoms with Crippen LogP contribution in [0.4, 0.5) is 5.69 Å². The van der Waals surface area contributed by atoms with Gasteiger partial charge in [-0.15, -0.1) is 0 Å². The second-order valence-corrected chi connectivity index (χ2v) is 16.1. The van der Waals surface area contributed by atoms with Gasteiger partial charge in [0.2, 0.25) is 0 Å². The topological polar surface area (TPSA) is 12.0 Å². The van der Waals surface area contributed by atoms with Crippen LogP contribution in [0, 0.1) is 0 Å². The van der Waals surface area contributed by atoms with E-state index in [1.807, 2.05) is 0 Å². The molecule has 0 aliphatic heterocycles. The Balaban J connectivity index is 2.09. The molecule has 0 amide bonds. The van der Waals surface area contributed by atoms with E-state index in [1.165, 1.54) is 15.9 Å². The van der Waals surface area contributed by atoms with Crippen molar-refractivity contribution >= 4 is 48.0 Å². The number of para-hydroxylation sites is 1. The van der Waals surface area contributed by atoms with Crippen molar-refractivity contribution in [1.29, 1.82) is 0 Å². The maximum atomic E-state index is 4.04. The second-order valence-electron chi connectivity index (χ2n) is 6.49. The van der Waals surface area contributed by atoms with Crippen molar-refractivity contribution in [3.63, 3.8) is 0 Å².